The van der Waals surface area contributed by atoms with E-state index >= 15 is 0 Å². The Bertz CT molecular complexity index is 482. The molecule has 0 atom stereocenters. The zero-order chi connectivity index (χ0) is 11.7. The molecule has 0 bridgehead atoms. The number of hydrogen-bond donors (Lipinski definition) is 1. The molecule has 17 heavy (non-hydrogen) atoms. The molecule has 1 fully saturated rings. The van der Waals surface area contributed by atoms with Crippen molar-refractivity contribution >= 4 is 5.95 Å². The van der Waals surface area contributed by atoms with E-state index in [2.05, 4.69) is 31.4 Å². The number of aromatic nitrogens is 5. The number of hydrogen-bond acceptors (Lipinski definition) is 4. The van der Waals surface area contributed by atoms with Crippen LogP contribution in [0.25, 0.3) is 0 Å². The van der Waals surface area contributed by atoms with E-state index < -0.39 is 0 Å². The Morgan fingerprint density at radius 1 is 1.47 bits per heavy atom. The van der Waals surface area contributed by atoms with Crippen LogP contribution in [0, 0.1) is 6.92 Å². The summed E-state index contributed by atoms with van der Waals surface area (Å²) in [6, 6.07) is 0.657. The van der Waals surface area contributed by atoms with Crippen molar-refractivity contribution in [2.45, 2.75) is 32.4 Å². The van der Waals surface area contributed by atoms with E-state index in [0.717, 1.165) is 24.7 Å². The molecule has 0 amide bonds. The molecule has 0 unspecified atom stereocenters. The molecule has 1 aliphatic carbocycles. The summed E-state index contributed by atoms with van der Waals surface area (Å²) in [7, 11) is 0. The summed E-state index contributed by atoms with van der Waals surface area (Å²) >= 11 is 0. The Kier molecular flexibility index (Phi) is 2.55. The van der Waals surface area contributed by atoms with E-state index in [-0.39, 0.29) is 0 Å². The van der Waals surface area contributed by atoms with Crippen LogP contribution in [-0.2, 0) is 6.54 Å². The second-order valence-corrected chi connectivity index (χ2v) is 4.44. The lowest BCUT2D eigenvalue weighted by atomic mass is 10.5. The van der Waals surface area contributed by atoms with Gasteiger partial charge in [-0.1, -0.05) is 5.21 Å². The molecular weight excluding hydrogens is 216 g/mol. The van der Waals surface area contributed by atoms with Crippen molar-refractivity contribution in [3.05, 3.63) is 24.3 Å². The van der Waals surface area contributed by atoms with E-state index in [1.807, 2.05) is 17.8 Å². The van der Waals surface area contributed by atoms with Crippen molar-refractivity contribution in [3.63, 3.8) is 0 Å². The third-order valence-electron chi connectivity index (χ3n) is 2.89. The van der Waals surface area contributed by atoms with Crippen LogP contribution in [0.3, 0.4) is 0 Å². The highest BCUT2D eigenvalue weighted by Gasteiger charge is 2.25. The van der Waals surface area contributed by atoms with Crippen molar-refractivity contribution in [1.29, 1.82) is 0 Å². The lowest BCUT2D eigenvalue weighted by molar-refractivity contribution is 0.604. The van der Waals surface area contributed by atoms with E-state index in [0.29, 0.717) is 6.04 Å². The molecule has 6 nitrogen and oxygen atoms in total. The lowest BCUT2D eigenvalue weighted by Crippen LogP contribution is -2.14. The molecule has 1 aliphatic rings. The zero-order valence-corrected chi connectivity index (χ0v) is 9.87. The van der Waals surface area contributed by atoms with Gasteiger partial charge in [0, 0.05) is 25.0 Å². The predicted octanol–water partition coefficient (Wildman–Crippen LogP) is 1.23. The van der Waals surface area contributed by atoms with Gasteiger partial charge in [-0.15, -0.1) is 5.10 Å². The van der Waals surface area contributed by atoms with Gasteiger partial charge in [0.15, 0.2) is 0 Å². The van der Waals surface area contributed by atoms with Gasteiger partial charge < -0.3 is 9.88 Å². The lowest BCUT2D eigenvalue weighted by Gasteiger charge is -2.08. The van der Waals surface area contributed by atoms with E-state index in [1.165, 1.54) is 12.8 Å². The molecule has 1 N–H and O–H groups in total. The molecule has 6 heteroatoms. The van der Waals surface area contributed by atoms with E-state index in [4.69, 9.17) is 0 Å². The van der Waals surface area contributed by atoms with Gasteiger partial charge in [0.1, 0.15) is 0 Å². The molecule has 0 spiro atoms. The third kappa shape index (κ3) is 2.30. The maximum Gasteiger partial charge on any atom is 0.203 e. The van der Waals surface area contributed by atoms with Gasteiger partial charge in [0.25, 0.3) is 0 Å². The van der Waals surface area contributed by atoms with Crippen LogP contribution in [0.2, 0.25) is 0 Å². The highest BCUT2D eigenvalue weighted by atomic mass is 15.4. The van der Waals surface area contributed by atoms with Crippen LogP contribution in [0.15, 0.2) is 18.6 Å². The average molecular weight is 232 g/mol. The standard InChI is InChI=1S/C11H16N6/c1-9-8-17(10-2-3-10)11(14-9)12-4-6-16-7-5-13-15-16/h5,7-8,10H,2-4,6H2,1H3,(H,12,14). The van der Waals surface area contributed by atoms with Crippen LogP contribution in [0.1, 0.15) is 24.6 Å². The number of rotatable bonds is 5. The van der Waals surface area contributed by atoms with Gasteiger partial charge in [0.2, 0.25) is 5.95 Å². The summed E-state index contributed by atoms with van der Waals surface area (Å²) in [5.41, 5.74) is 1.07. The van der Waals surface area contributed by atoms with Crippen LogP contribution in [0.5, 0.6) is 0 Å². The van der Waals surface area contributed by atoms with E-state index in [1.54, 1.807) is 6.20 Å². The summed E-state index contributed by atoms with van der Waals surface area (Å²) in [5.74, 6) is 0.977. The summed E-state index contributed by atoms with van der Waals surface area (Å²) in [6.45, 7) is 3.64. The summed E-state index contributed by atoms with van der Waals surface area (Å²) in [5, 5.41) is 11.1. The molecule has 0 radical (unpaired) electrons. The number of nitrogens with zero attached hydrogens (tertiary/aromatic N) is 5. The van der Waals surface area contributed by atoms with Crippen LogP contribution in [0.4, 0.5) is 5.95 Å². The minimum Gasteiger partial charge on any atom is -0.354 e. The second-order valence-electron chi connectivity index (χ2n) is 4.44. The van der Waals surface area contributed by atoms with Crippen molar-refractivity contribution in [3.8, 4) is 0 Å². The first-order valence-electron chi connectivity index (χ1n) is 5.96. The molecule has 0 aliphatic heterocycles. The van der Waals surface area contributed by atoms with Crippen molar-refractivity contribution in [2.24, 2.45) is 0 Å². The Hall–Kier alpha value is -1.85. The minimum atomic E-state index is 0.657. The van der Waals surface area contributed by atoms with Crippen molar-refractivity contribution in [2.75, 3.05) is 11.9 Å². The normalized spacial score (nSPS) is 15.1. The molecule has 0 saturated heterocycles. The first kappa shape index (κ1) is 10.3. The quantitative estimate of drug-likeness (QED) is 0.842. The predicted molar refractivity (Wildman–Crippen MR) is 63.7 cm³/mol. The molecule has 2 aromatic heterocycles. The summed E-state index contributed by atoms with van der Waals surface area (Å²) < 4.78 is 4.06. The van der Waals surface area contributed by atoms with Crippen LogP contribution < -0.4 is 5.32 Å². The van der Waals surface area contributed by atoms with E-state index in [9.17, 15) is 0 Å². The average Bonchev–Trinajstić information content (AvgIpc) is 2.90. The molecule has 1 saturated carbocycles. The maximum absolute atomic E-state index is 4.50. The van der Waals surface area contributed by atoms with Crippen LogP contribution in [-0.4, -0.2) is 31.1 Å². The van der Waals surface area contributed by atoms with Crippen LogP contribution >= 0.6 is 0 Å². The minimum absolute atomic E-state index is 0.657. The Morgan fingerprint density at radius 2 is 2.35 bits per heavy atom. The molecule has 2 aromatic rings. The van der Waals surface area contributed by atoms with Gasteiger partial charge in [-0.05, 0) is 19.8 Å². The molecule has 90 valence electrons. The first-order valence-corrected chi connectivity index (χ1v) is 5.96. The fourth-order valence-corrected chi connectivity index (χ4v) is 1.91. The van der Waals surface area contributed by atoms with Gasteiger partial charge in [0.05, 0.1) is 18.4 Å². The topological polar surface area (TPSA) is 60.6 Å². The SMILES string of the molecule is Cc1cn(C2CC2)c(NCCn2ccnn2)n1. The largest absolute Gasteiger partial charge is 0.354 e. The maximum atomic E-state index is 4.50. The van der Waals surface area contributed by atoms with Gasteiger partial charge in [-0.3, -0.25) is 4.68 Å². The number of aryl methyl sites for hydroxylation is 1. The van der Waals surface area contributed by atoms with Gasteiger partial charge in [-0.25, -0.2) is 4.98 Å². The molecule has 0 aromatic carbocycles. The van der Waals surface area contributed by atoms with Gasteiger partial charge >= 0.3 is 0 Å². The fourth-order valence-electron chi connectivity index (χ4n) is 1.91. The Morgan fingerprint density at radius 3 is 3.06 bits per heavy atom. The fraction of sp³-hybridized carbons (Fsp3) is 0.545. The number of imidazole rings is 1. The van der Waals surface area contributed by atoms with Gasteiger partial charge in [-0.2, -0.15) is 0 Å². The number of nitrogens with one attached hydrogen (secondary N) is 1. The smallest absolute Gasteiger partial charge is 0.203 e. The van der Waals surface area contributed by atoms with Crippen molar-refractivity contribution in [1.82, 2.24) is 24.5 Å². The number of anilines is 1. The summed E-state index contributed by atoms with van der Waals surface area (Å²) in [6.07, 6.45) is 8.21. The first-order chi connectivity index (χ1) is 8.33. The Labute approximate surface area is 99.7 Å². The summed E-state index contributed by atoms with van der Waals surface area (Å²) in [4.78, 5) is 4.50. The highest BCUT2D eigenvalue weighted by Crippen LogP contribution is 2.37. The Balaban J connectivity index is 1.60. The second kappa shape index (κ2) is 4.20. The zero-order valence-electron chi connectivity index (χ0n) is 9.87. The monoisotopic (exact) mass is 232 g/mol. The molecule has 2 heterocycles. The highest BCUT2D eigenvalue weighted by molar-refractivity contribution is 5.30. The third-order valence-corrected chi connectivity index (χ3v) is 2.89. The molecule has 3 rings (SSSR count). The molecular formula is C11H16N6. The van der Waals surface area contributed by atoms with Crippen molar-refractivity contribution < 1.29 is 0 Å².